The summed E-state index contributed by atoms with van der Waals surface area (Å²) >= 11 is 0. The van der Waals surface area contributed by atoms with Crippen LogP contribution in [0.5, 0.6) is 0 Å². The molecule has 1 fully saturated rings. The third-order valence-corrected chi connectivity index (χ3v) is 4.30. The fourth-order valence-electron chi connectivity index (χ4n) is 2.73. The van der Waals surface area contributed by atoms with Gasteiger partial charge in [0.25, 0.3) is 0 Å². The fraction of sp³-hybridized carbons (Fsp3) is 0.611. The molecule has 0 radical (unpaired) electrons. The summed E-state index contributed by atoms with van der Waals surface area (Å²) in [7, 11) is 0. The molecule has 1 saturated heterocycles. The van der Waals surface area contributed by atoms with E-state index in [0.29, 0.717) is 6.54 Å². The van der Waals surface area contributed by atoms with Crippen LogP contribution in [0.15, 0.2) is 24.3 Å². The Morgan fingerprint density at radius 1 is 1.32 bits per heavy atom. The molecule has 1 heterocycles. The summed E-state index contributed by atoms with van der Waals surface area (Å²) in [4.78, 5) is 12.2. The van der Waals surface area contributed by atoms with Gasteiger partial charge >= 0.3 is 0 Å². The second kappa shape index (κ2) is 6.80. The molecule has 0 saturated carbocycles. The summed E-state index contributed by atoms with van der Waals surface area (Å²) in [6, 6.07) is 8.42. The van der Waals surface area contributed by atoms with Crippen LogP contribution in [0.4, 0.5) is 0 Å². The molecule has 122 valence electrons. The molecule has 1 aromatic carbocycles. The second-order valence-corrected chi connectivity index (χ2v) is 7.16. The molecule has 22 heavy (non-hydrogen) atoms. The van der Waals surface area contributed by atoms with Gasteiger partial charge in [0.2, 0.25) is 5.91 Å². The summed E-state index contributed by atoms with van der Waals surface area (Å²) < 4.78 is 5.64. The van der Waals surface area contributed by atoms with Crippen molar-refractivity contribution in [3.8, 4) is 0 Å². The van der Waals surface area contributed by atoms with Crippen LogP contribution in [-0.4, -0.2) is 24.7 Å². The van der Waals surface area contributed by atoms with E-state index in [9.17, 15) is 4.79 Å². The van der Waals surface area contributed by atoms with E-state index in [1.807, 2.05) is 6.92 Å². The van der Waals surface area contributed by atoms with Crippen LogP contribution in [0.1, 0.15) is 57.7 Å². The molecule has 2 rings (SSSR count). The van der Waals surface area contributed by atoms with E-state index >= 15 is 0 Å². The quantitative estimate of drug-likeness (QED) is 0.899. The predicted octanol–water partition coefficient (Wildman–Crippen LogP) is 2.67. The molecule has 4 nitrogen and oxygen atoms in total. The molecular weight excluding hydrogens is 276 g/mol. The lowest BCUT2D eigenvalue weighted by Gasteiger charge is -2.21. The zero-order valence-electron chi connectivity index (χ0n) is 14.1. The number of nitrogens with one attached hydrogen (secondary N) is 1. The first-order valence-corrected chi connectivity index (χ1v) is 8.07. The minimum atomic E-state index is -0.357. The zero-order chi connectivity index (χ0) is 16.3. The Bertz CT molecular complexity index is 505. The molecule has 3 N–H and O–H groups in total. The number of hydrogen-bond acceptors (Lipinski definition) is 3. The standard InChI is InChI=1S/C18H28N2O2/c1-12(13-5-7-14(8-6-13)18(2,3)4)20-17(21)16-10-9-15(11-19)22-16/h5-8,12,15-16H,9-11,19H2,1-4H3,(H,20,21)/t12?,15-,16+/m1/s1. The van der Waals surface area contributed by atoms with Crippen molar-refractivity contribution in [2.75, 3.05) is 6.54 Å². The number of nitrogens with two attached hydrogens (primary N) is 1. The normalized spacial score (nSPS) is 23.3. The molecule has 0 spiro atoms. The van der Waals surface area contributed by atoms with Crippen LogP contribution < -0.4 is 11.1 Å². The van der Waals surface area contributed by atoms with E-state index in [0.717, 1.165) is 18.4 Å². The number of rotatable bonds is 4. The first kappa shape index (κ1) is 17.0. The van der Waals surface area contributed by atoms with E-state index in [-0.39, 0.29) is 29.6 Å². The highest BCUT2D eigenvalue weighted by Crippen LogP contribution is 2.24. The first-order chi connectivity index (χ1) is 10.3. The number of benzene rings is 1. The Kier molecular flexibility index (Phi) is 5.24. The maximum absolute atomic E-state index is 12.2. The van der Waals surface area contributed by atoms with Crippen molar-refractivity contribution in [1.29, 1.82) is 0 Å². The third kappa shape index (κ3) is 4.08. The van der Waals surface area contributed by atoms with Gasteiger partial charge < -0.3 is 15.8 Å². The highest BCUT2D eigenvalue weighted by molar-refractivity contribution is 5.81. The Balaban J connectivity index is 1.94. The lowest BCUT2D eigenvalue weighted by atomic mass is 9.86. The number of carbonyl (C=O) groups excluding carboxylic acids is 1. The lowest BCUT2D eigenvalue weighted by molar-refractivity contribution is -0.132. The van der Waals surface area contributed by atoms with Crippen molar-refractivity contribution in [2.45, 2.75) is 64.2 Å². The number of amides is 1. The van der Waals surface area contributed by atoms with Gasteiger partial charge in [0.05, 0.1) is 12.1 Å². The van der Waals surface area contributed by atoms with E-state index in [1.165, 1.54) is 5.56 Å². The van der Waals surface area contributed by atoms with Gasteiger partial charge in [0.15, 0.2) is 0 Å². The van der Waals surface area contributed by atoms with Crippen molar-refractivity contribution < 1.29 is 9.53 Å². The maximum atomic E-state index is 12.2. The molecule has 1 aliphatic heterocycles. The maximum Gasteiger partial charge on any atom is 0.249 e. The minimum absolute atomic E-state index is 0.0251. The van der Waals surface area contributed by atoms with Gasteiger partial charge in [-0.1, -0.05) is 45.0 Å². The molecule has 4 heteroatoms. The largest absolute Gasteiger partial charge is 0.364 e. The van der Waals surface area contributed by atoms with Gasteiger partial charge in [-0.2, -0.15) is 0 Å². The summed E-state index contributed by atoms with van der Waals surface area (Å²) in [5.41, 5.74) is 8.12. The Morgan fingerprint density at radius 2 is 1.95 bits per heavy atom. The van der Waals surface area contributed by atoms with Crippen molar-refractivity contribution >= 4 is 5.91 Å². The van der Waals surface area contributed by atoms with Crippen LogP contribution in [0.3, 0.4) is 0 Å². The monoisotopic (exact) mass is 304 g/mol. The van der Waals surface area contributed by atoms with Gasteiger partial charge in [-0.3, -0.25) is 4.79 Å². The smallest absolute Gasteiger partial charge is 0.249 e. The summed E-state index contributed by atoms with van der Waals surface area (Å²) in [6.45, 7) is 9.06. The van der Waals surface area contributed by atoms with Crippen LogP contribution in [-0.2, 0) is 14.9 Å². The summed E-state index contributed by atoms with van der Waals surface area (Å²) in [5.74, 6) is -0.0386. The van der Waals surface area contributed by atoms with E-state index in [1.54, 1.807) is 0 Å². The molecule has 1 aliphatic rings. The minimum Gasteiger partial charge on any atom is -0.364 e. The molecule has 0 aliphatic carbocycles. The van der Waals surface area contributed by atoms with Crippen LogP contribution >= 0.6 is 0 Å². The second-order valence-electron chi connectivity index (χ2n) is 7.16. The zero-order valence-corrected chi connectivity index (χ0v) is 14.1. The Morgan fingerprint density at radius 3 is 2.45 bits per heavy atom. The average molecular weight is 304 g/mol. The first-order valence-electron chi connectivity index (χ1n) is 8.07. The molecular formula is C18H28N2O2. The van der Waals surface area contributed by atoms with Crippen molar-refractivity contribution in [3.63, 3.8) is 0 Å². The Hall–Kier alpha value is -1.39. The van der Waals surface area contributed by atoms with Crippen molar-refractivity contribution in [2.24, 2.45) is 5.73 Å². The van der Waals surface area contributed by atoms with Gasteiger partial charge in [0, 0.05) is 6.54 Å². The van der Waals surface area contributed by atoms with Crippen LogP contribution in [0, 0.1) is 0 Å². The molecule has 1 unspecified atom stereocenters. The van der Waals surface area contributed by atoms with E-state index < -0.39 is 0 Å². The number of ether oxygens (including phenoxy) is 1. The van der Waals surface area contributed by atoms with Crippen LogP contribution in [0.2, 0.25) is 0 Å². The van der Waals surface area contributed by atoms with Crippen molar-refractivity contribution in [3.05, 3.63) is 35.4 Å². The lowest BCUT2D eigenvalue weighted by Crippen LogP contribution is -2.37. The third-order valence-electron chi connectivity index (χ3n) is 4.30. The van der Waals surface area contributed by atoms with E-state index in [2.05, 4.69) is 50.4 Å². The highest BCUT2D eigenvalue weighted by atomic mass is 16.5. The number of hydrogen-bond donors (Lipinski definition) is 2. The number of carbonyl (C=O) groups is 1. The topological polar surface area (TPSA) is 64.4 Å². The average Bonchev–Trinajstić information content (AvgIpc) is 2.95. The summed E-state index contributed by atoms with van der Waals surface area (Å²) in [6.07, 6.45) is 1.29. The van der Waals surface area contributed by atoms with Gasteiger partial charge in [-0.15, -0.1) is 0 Å². The van der Waals surface area contributed by atoms with Crippen LogP contribution in [0.25, 0.3) is 0 Å². The predicted molar refractivity (Wildman–Crippen MR) is 88.6 cm³/mol. The van der Waals surface area contributed by atoms with Gasteiger partial charge in [0.1, 0.15) is 6.10 Å². The Labute approximate surface area is 133 Å². The van der Waals surface area contributed by atoms with E-state index in [4.69, 9.17) is 10.5 Å². The van der Waals surface area contributed by atoms with Gasteiger partial charge in [-0.05, 0) is 36.3 Å². The molecule has 1 aromatic rings. The molecule has 1 amide bonds. The molecule has 0 bridgehead atoms. The van der Waals surface area contributed by atoms with Crippen molar-refractivity contribution in [1.82, 2.24) is 5.32 Å². The molecule has 3 atom stereocenters. The SMILES string of the molecule is CC(NC(=O)[C@@H]1CC[C@H](CN)O1)c1ccc(C(C)(C)C)cc1. The highest BCUT2D eigenvalue weighted by Gasteiger charge is 2.30. The van der Waals surface area contributed by atoms with Gasteiger partial charge in [-0.25, -0.2) is 0 Å². The summed E-state index contributed by atoms with van der Waals surface area (Å²) in [5, 5.41) is 3.04. The fourth-order valence-corrected chi connectivity index (χ4v) is 2.73. The molecule has 0 aromatic heterocycles.